The lowest BCUT2D eigenvalue weighted by Crippen LogP contribution is -2.70. The maximum atomic E-state index is 12.7. The van der Waals surface area contributed by atoms with Gasteiger partial charge in [-0.1, -0.05) is 0 Å². The lowest BCUT2D eigenvalue weighted by atomic mass is 9.92. The second kappa shape index (κ2) is 32.1. The van der Waals surface area contributed by atoms with Gasteiger partial charge in [-0.15, -0.1) is 0 Å². The van der Waals surface area contributed by atoms with E-state index in [1.54, 1.807) is 0 Å². The first-order chi connectivity index (χ1) is 40.2. The number of carbonyl (C=O) groups is 2. The molecule has 6 aliphatic heterocycles. The van der Waals surface area contributed by atoms with Gasteiger partial charge in [0.25, 0.3) is 0 Å². The van der Waals surface area contributed by atoms with E-state index in [4.69, 9.17) is 61.6 Å². The van der Waals surface area contributed by atoms with Gasteiger partial charge in [0.1, 0.15) is 153 Å². The van der Waals surface area contributed by atoms with Crippen molar-refractivity contribution < 1.29 is 173 Å². The maximum absolute atomic E-state index is 12.7. The fourth-order valence-corrected chi connectivity index (χ4v) is 10.5. The second-order valence-electron chi connectivity index (χ2n) is 21.4. The van der Waals surface area contributed by atoms with E-state index in [9.17, 15) is 112 Å². The van der Waals surface area contributed by atoms with E-state index >= 15 is 0 Å². The fraction of sp³-hybridized carbons (Fsp3) is 0.958. The fourth-order valence-electron chi connectivity index (χ4n) is 10.5. The zero-order chi connectivity index (χ0) is 63.0. The van der Waals surface area contributed by atoms with Crippen molar-refractivity contribution in [1.29, 1.82) is 0 Å². The van der Waals surface area contributed by atoms with Gasteiger partial charge in [0.05, 0.1) is 71.1 Å². The van der Waals surface area contributed by atoms with E-state index in [1.165, 1.54) is 13.8 Å². The van der Waals surface area contributed by atoms with Crippen molar-refractivity contribution in [1.82, 2.24) is 10.6 Å². The average Bonchev–Trinajstić information content (AvgIpc) is 3.67. The normalized spacial score (nSPS) is 46.0. The minimum absolute atomic E-state index is 0.579. The Morgan fingerprint density at radius 3 is 1.31 bits per heavy atom. The van der Waals surface area contributed by atoms with E-state index in [2.05, 4.69) is 10.6 Å². The summed E-state index contributed by atoms with van der Waals surface area (Å²) in [6, 6.07) is -2.87. The topological polar surface area (TPSA) is 583 Å². The first kappa shape index (κ1) is 71.7. The molecule has 22 N–H and O–H groups in total. The summed E-state index contributed by atoms with van der Waals surface area (Å²) in [5.74, 6) is -1.41. The molecule has 0 bridgehead atoms. The van der Waals surface area contributed by atoms with Crippen LogP contribution in [0.4, 0.5) is 0 Å². The molecule has 2 amide bonds. The van der Waals surface area contributed by atoms with Crippen LogP contribution in [0.5, 0.6) is 0 Å². The Labute approximate surface area is 484 Å². The highest BCUT2D eigenvalue weighted by molar-refractivity contribution is 5.73. The number of nitrogens with one attached hydrogen (secondary N) is 2. The number of hydrogen-bond acceptors (Lipinski definition) is 35. The van der Waals surface area contributed by atoms with Crippen LogP contribution in [0.3, 0.4) is 0 Å². The monoisotopic (exact) mass is 1250 g/mol. The standard InChI is InChI=1S/C48H84N2O35/c1-13(57)18(6-52)76-43(17(60)5-51)73-11-23-29(63)41(84-46-35(69)33(67)27(61)19(7-53)77-46)37(71)45(80-23)74-12-24-30(64)42(85-47-36(70)34(68)28(62)20(8-54)78-47)38(72)48(81-24)83-40-22(10-56)79-44(26(32(40)66)50-16(4)59)82-39-21(9-55)75-14(2)25(31(39)65)49-15(3)58/h13-14,17-48,51-57,60-72H,5-12H2,1-4H3,(H,49,58)(H,50,59)/t13-,14?,17+,18?,19-,20-,21?,22?,23?,24?,25?,26?,27?,28?,29?,30?,31?,32?,33?,34?,35?,36?,37?,38?,39?,40?,41?,42?,43?,44?,45?,46+,47+,48?/m0/s1. The molecule has 6 aliphatic rings. The van der Waals surface area contributed by atoms with Crippen LogP contribution >= 0.6 is 0 Å². The number of hydrogen-bond donors (Lipinski definition) is 22. The lowest BCUT2D eigenvalue weighted by molar-refractivity contribution is -0.386. The Morgan fingerprint density at radius 1 is 0.435 bits per heavy atom. The van der Waals surface area contributed by atoms with E-state index in [0.717, 1.165) is 13.8 Å². The molecule has 6 heterocycles. The second-order valence-corrected chi connectivity index (χ2v) is 21.4. The number of aliphatic hydroxyl groups is 20. The summed E-state index contributed by atoms with van der Waals surface area (Å²) in [6.45, 7) is -2.69. The molecule has 37 nitrogen and oxygen atoms in total. The van der Waals surface area contributed by atoms with Crippen LogP contribution in [0.2, 0.25) is 0 Å². The van der Waals surface area contributed by atoms with E-state index in [1.807, 2.05) is 0 Å². The van der Waals surface area contributed by atoms with Gasteiger partial charge >= 0.3 is 0 Å². The quantitative estimate of drug-likeness (QED) is 0.0358. The van der Waals surface area contributed by atoms with E-state index in [0.29, 0.717) is 0 Å². The highest BCUT2D eigenvalue weighted by atomic mass is 16.8. The van der Waals surface area contributed by atoms with Gasteiger partial charge < -0.3 is 174 Å². The SMILES string of the molecule is CC(=O)NC1C(C)OC(CO)C(OC2OC(CO)C(OC3OC(COC4OC(COC(OC(CO)[C@H](C)O)[C@H](O)CO)C(O)C(O[C@H]5O[C@@H](CO)C(O)C(O)C5O)C4O)C(O)C(O[C@H]4O[C@@H](CO)C(O)C(O)C4O)C3O)C(O)C2NC(C)=O)C1O. The van der Waals surface area contributed by atoms with Crippen LogP contribution in [0.1, 0.15) is 27.7 Å². The summed E-state index contributed by atoms with van der Waals surface area (Å²) in [5.41, 5.74) is 0. The summed E-state index contributed by atoms with van der Waals surface area (Å²) in [4.78, 5) is 24.8. The third-order valence-corrected chi connectivity index (χ3v) is 15.3. The number of aliphatic hydroxyl groups excluding tert-OH is 20. The third kappa shape index (κ3) is 16.8. The number of ether oxygens (including phenoxy) is 13. The predicted octanol–water partition coefficient (Wildman–Crippen LogP) is -14.3. The van der Waals surface area contributed by atoms with Gasteiger partial charge in [0.2, 0.25) is 11.8 Å². The van der Waals surface area contributed by atoms with Gasteiger partial charge in [0.15, 0.2) is 37.7 Å². The molecule has 34 atom stereocenters. The summed E-state index contributed by atoms with van der Waals surface area (Å²) >= 11 is 0. The minimum atomic E-state index is -2.32. The lowest BCUT2D eigenvalue weighted by Gasteiger charge is -2.50. The molecule has 28 unspecified atom stereocenters. The molecule has 37 heteroatoms. The molecule has 0 spiro atoms. The van der Waals surface area contributed by atoms with Crippen molar-refractivity contribution in [3.05, 3.63) is 0 Å². The zero-order valence-electron chi connectivity index (χ0n) is 46.4. The molecule has 6 rings (SSSR count). The first-order valence-electron chi connectivity index (χ1n) is 27.3. The van der Waals surface area contributed by atoms with Crippen LogP contribution in [0.15, 0.2) is 0 Å². The molecule has 85 heavy (non-hydrogen) atoms. The van der Waals surface area contributed by atoms with Gasteiger partial charge in [0, 0.05) is 13.8 Å². The number of amides is 2. The van der Waals surface area contributed by atoms with Gasteiger partial charge in [-0.3, -0.25) is 9.59 Å². The minimum Gasteiger partial charge on any atom is -0.394 e. The van der Waals surface area contributed by atoms with Crippen molar-refractivity contribution in [2.45, 2.75) is 236 Å². The van der Waals surface area contributed by atoms with Crippen LogP contribution in [-0.4, -0.2) is 375 Å². The Morgan fingerprint density at radius 2 is 0.835 bits per heavy atom. The molecule has 0 aromatic heterocycles. The summed E-state index contributed by atoms with van der Waals surface area (Å²) in [7, 11) is 0. The Hall–Kier alpha value is -2.38. The zero-order valence-corrected chi connectivity index (χ0v) is 46.4. The molecular weight excluding hydrogens is 1160 g/mol. The predicted molar refractivity (Wildman–Crippen MR) is 265 cm³/mol. The van der Waals surface area contributed by atoms with Crippen LogP contribution in [0, 0.1) is 0 Å². The summed E-state index contributed by atoms with van der Waals surface area (Å²) in [5, 5.41) is 221. The third-order valence-electron chi connectivity index (χ3n) is 15.3. The first-order valence-corrected chi connectivity index (χ1v) is 27.3. The van der Waals surface area contributed by atoms with Crippen molar-refractivity contribution in [2.75, 3.05) is 52.9 Å². The van der Waals surface area contributed by atoms with Crippen LogP contribution in [-0.2, 0) is 71.2 Å². The van der Waals surface area contributed by atoms with Crippen LogP contribution < -0.4 is 10.6 Å². The molecular formula is C48H84N2O35. The molecule has 0 radical (unpaired) electrons. The van der Waals surface area contributed by atoms with Gasteiger partial charge in [-0.2, -0.15) is 0 Å². The molecule has 0 aromatic rings. The number of carbonyl (C=O) groups excluding carboxylic acids is 2. The van der Waals surface area contributed by atoms with Crippen molar-refractivity contribution in [2.24, 2.45) is 0 Å². The molecule has 6 fully saturated rings. The highest BCUT2D eigenvalue weighted by Gasteiger charge is 2.57. The molecule has 6 saturated heterocycles. The summed E-state index contributed by atoms with van der Waals surface area (Å²) in [6.07, 6.45) is -60.5. The average molecular weight is 1250 g/mol. The Bertz CT molecular complexity index is 2030. The molecule has 0 saturated carbocycles. The van der Waals surface area contributed by atoms with Gasteiger partial charge in [-0.25, -0.2) is 0 Å². The number of rotatable bonds is 26. The summed E-state index contributed by atoms with van der Waals surface area (Å²) < 4.78 is 75.3. The Balaban J connectivity index is 1.31. The van der Waals surface area contributed by atoms with Crippen molar-refractivity contribution in [3.63, 3.8) is 0 Å². The van der Waals surface area contributed by atoms with Gasteiger partial charge in [-0.05, 0) is 13.8 Å². The smallest absolute Gasteiger partial charge is 0.217 e. The molecule has 0 aromatic carbocycles. The van der Waals surface area contributed by atoms with Crippen molar-refractivity contribution in [3.8, 4) is 0 Å². The molecule has 496 valence electrons. The maximum Gasteiger partial charge on any atom is 0.217 e. The van der Waals surface area contributed by atoms with E-state index in [-0.39, 0.29) is 0 Å². The largest absolute Gasteiger partial charge is 0.394 e. The van der Waals surface area contributed by atoms with E-state index < -0.39 is 273 Å². The highest BCUT2D eigenvalue weighted by Crippen LogP contribution is 2.37. The molecule has 0 aliphatic carbocycles. The Kier molecular flexibility index (Phi) is 27.0. The van der Waals surface area contributed by atoms with Crippen molar-refractivity contribution >= 4 is 11.8 Å². The van der Waals surface area contributed by atoms with Crippen LogP contribution in [0.25, 0.3) is 0 Å².